The van der Waals surface area contributed by atoms with Crippen LogP contribution < -0.4 is 10.6 Å². The van der Waals surface area contributed by atoms with Crippen molar-refractivity contribution in [2.75, 3.05) is 27.2 Å². The van der Waals surface area contributed by atoms with Gasteiger partial charge in [-0.1, -0.05) is 48.8 Å². The summed E-state index contributed by atoms with van der Waals surface area (Å²) in [5.41, 5.74) is 2.13. The van der Waals surface area contributed by atoms with E-state index in [0.717, 1.165) is 17.7 Å². The Morgan fingerprint density at radius 3 is 2.44 bits per heavy atom. The van der Waals surface area contributed by atoms with Gasteiger partial charge in [0.05, 0.1) is 0 Å². The summed E-state index contributed by atoms with van der Waals surface area (Å²) >= 11 is 0. The molecule has 7 nitrogen and oxygen atoms in total. The van der Waals surface area contributed by atoms with Gasteiger partial charge in [-0.25, -0.2) is 0 Å². The number of nitrogens with one attached hydrogen (secondary N) is 2. The Morgan fingerprint density at radius 2 is 1.85 bits per heavy atom. The van der Waals surface area contributed by atoms with Crippen LogP contribution in [0.25, 0.3) is 11.3 Å². The molecule has 0 saturated heterocycles. The van der Waals surface area contributed by atoms with Crippen molar-refractivity contribution < 1.29 is 14.1 Å². The van der Waals surface area contributed by atoms with Gasteiger partial charge in [-0.05, 0) is 26.9 Å². The van der Waals surface area contributed by atoms with E-state index in [1.54, 1.807) is 6.07 Å². The van der Waals surface area contributed by atoms with Gasteiger partial charge in [0.2, 0.25) is 5.91 Å². The number of carbonyl (C=O) groups is 2. The number of hydrogen-bond acceptors (Lipinski definition) is 5. The van der Waals surface area contributed by atoms with E-state index in [-0.39, 0.29) is 17.5 Å². The lowest BCUT2D eigenvalue weighted by molar-refractivity contribution is -0.123. The second kappa shape index (κ2) is 9.32. The average molecular weight is 372 g/mol. The lowest BCUT2D eigenvalue weighted by atomic mass is 10.0. The first-order valence-corrected chi connectivity index (χ1v) is 9.05. The minimum atomic E-state index is -0.640. The lowest BCUT2D eigenvalue weighted by Gasteiger charge is -2.21. The van der Waals surface area contributed by atoms with Crippen LogP contribution in [-0.4, -0.2) is 55.1 Å². The lowest BCUT2D eigenvalue weighted by Crippen LogP contribution is -2.50. The Kier molecular flexibility index (Phi) is 7.12. The van der Waals surface area contributed by atoms with Crippen LogP contribution >= 0.6 is 0 Å². The zero-order chi connectivity index (χ0) is 20.0. The first-order valence-electron chi connectivity index (χ1n) is 9.05. The summed E-state index contributed by atoms with van der Waals surface area (Å²) in [6.45, 7) is 7.02. The number of aromatic nitrogens is 1. The Balaban J connectivity index is 2.03. The van der Waals surface area contributed by atoms with Crippen LogP contribution in [0.3, 0.4) is 0 Å². The average Bonchev–Trinajstić information content (AvgIpc) is 3.09. The van der Waals surface area contributed by atoms with E-state index in [0.29, 0.717) is 12.3 Å². The van der Waals surface area contributed by atoms with Gasteiger partial charge >= 0.3 is 0 Å². The van der Waals surface area contributed by atoms with Crippen LogP contribution in [0.5, 0.6) is 0 Å². The van der Waals surface area contributed by atoms with Gasteiger partial charge in [-0.3, -0.25) is 9.59 Å². The molecule has 1 aromatic carbocycles. The molecule has 1 unspecified atom stereocenters. The Morgan fingerprint density at radius 1 is 1.19 bits per heavy atom. The first kappa shape index (κ1) is 20.6. The largest absolute Gasteiger partial charge is 0.355 e. The Hall–Kier alpha value is -2.67. The van der Waals surface area contributed by atoms with Gasteiger partial charge in [-0.15, -0.1) is 0 Å². The molecule has 2 aromatic rings. The summed E-state index contributed by atoms with van der Waals surface area (Å²) in [7, 11) is 3.87. The molecule has 0 aliphatic carbocycles. The molecule has 7 heteroatoms. The summed E-state index contributed by atoms with van der Waals surface area (Å²) in [4.78, 5) is 26.9. The van der Waals surface area contributed by atoms with Gasteiger partial charge < -0.3 is 20.1 Å². The van der Waals surface area contributed by atoms with Crippen molar-refractivity contribution in [3.63, 3.8) is 0 Å². The highest BCUT2D eigenvalue weighted by Crippen LogP contribution is 2.20. The molecular weight excluding hydrogens is 344 g/mol. The summed E-state index contributed by atoms with van der Waals surface area (Å²) in [5, 5.41) is 9.45. The van der Waals surface area contributed by atoms with Gasteiger partial charge in [0, 0.05) is 24.7 Å². The molecule has 0 saturated carbocycles. The van der Waals surface area contributed by atoms with Gasteiger partial charge in [0.1, 0.15) is 6.04 Å². The second-order valence-corrected chi connectivity index (χ2v) is 7.23. The molecule has 0 spiro atoms. The number of rotatable bonds is 8. The van der Waals surface area contributed by atoms with Crippen molar-refractivity contribution in [2.24, 2.45) is 5.92 Å². The maximum atomic E-state index is 12.5. The zero-order valence-corrected chi connectivity index (χ0v) is 16.6. The summed E-state index contributed by atoms with van der Waals surface area (Å²) in [6.07, 6.45) is 0. The number of nitrogens with zero attached hydrogens (tertiary/aromatic N) is 2. The van der Waals surface area contributed by atoms with E-state index in [2.05, 4.69) is 15.8 Å². The van der Waals surface area contributed by atoms with Crippen LogP contribution in [0.4, 0.5) is 0 Å². The maximum Gasteiger partial charge on any atom is 0.274 e. The monoisotopic (exact) mass is 372 g/mol. The third-order valence-corrected chi connectivity index (χ3v) is 4.17. The number of hydrogen-bond donors (Lipinski definition) is 2. The summed E-state index contributed by atoms with van der Waals surface area (Å²) in [5.74, 6) is -0.186. The van der Waals surface area contributed by atoms with Crippen molar-refractivity contribution in [1.82, 2.24) is 20.7 Å². The fourth-order valence-corrected chi connectivity index (χ4v) is 2.50. The SMILES string of the molecule is Cc1ccc(-c2cc(C(=O)NC(C(=O)NCCN(C)C)C(C)C)no2)cc1. The van der Waals surface area contributed by atoms with Gasteiger partial charge in [0.15, 0.2) is 11.5 Å². The van der Waals surface area contributed by atoms with Crippen LogP contribution in [0, 0.1) is 12.8 Å². The molecule has 1 aromatic heterocycles. The predicted molar refractivity (Wildman–Crippen MR) is 104 cm³/mol. The van der Waals surface area contributed by atoms with Crippen LogP contribution in [0.15, 0.2) is 34.9 Å². The predicted octanol–water partition coefficient (Wildman–Crippen LogP) is 2.08. The number of aryl methyl sites for hydroxylation is 1. The third kappa shape index (κ3) is 5.92. The smallest absolute Gasteiger partial charge is 0.274 e. The van der Waals surface area contributed by atoms with Crippen molar-refractivity contribution in [3.8, 4) is 11.3 Å². The topological polar surface area (TPSA) is 87.5 Å². The van der Waals surface area contributed by atoms with E-state index in [9.17, 15) is 9.59 Å². The van der Waals surface area contributed by atoms with Crippen molar-refractivity contribution >= 4 is 11.8 Å². The number of carbonyl (C=O) groups excluding carboxylic acids is 2. The van der Waals surface area contributed by atoms with Crippen molar-refractivity contribution in [1.29, 1.82) is 0 Å². The standard InChI is InChI=1S/C20H28N4O3/c1-13(2)18(20(26)21-10-11-24(4)5)22-19(25)16-12-17(27-23-16)15-8-6-14(3)7-9-15/h6-9,12-13,18H,10-11H2,1-5H3,(H,21,26)(H,22,25). The molecule has 2 amide bonds. The molecule has 27 heavy (non-hydrogen) atoms. The molecule has 1 heterocycles. The molecule has 0 bridgehead atoms. The minimum Gasteiger partial charge on any atom is -0.355 e. The Labute approximate surface area is 160 Å². The molecule has 2 N–H and O–H groups in total. The molecule has 0 aliphatic heterocycles. The van der Waals surface area contributed by atoms with Gasteiger partial charge in [-0.2, -0.15) is 0 Å². The molecule has 0 aliphatic rings. The highest BCUT2D eigenvalue weighted by Gasteiger charge is 2.26. The van der Waals surface area contributed by atoms with Crippen LogP contribution in [0.1, 0.15) is 29.9 Å². The minimum absolute atomic E-state index is 0.0585. The van der Waals surface area contributed by atoms with E-state index < -0.39 is 11.9 Å². The van der Waals surface area contributed by atoms with Crippen LogP contribution in [-0.2, 0) is 4.79 Å². The van der Waals surface area contributed by atoms with E-state index in [1.807, 2.05) is 64.0 Å². The van der Waals surface area contributed by atoms with Crippen molar-refractivity contribution in [2.45, 2.75) is 26.8 Å². The van der Waals surface area contributed by atoms with E-state index in [4.69, 9.17) is 4.52 Å². The normalized spacial score (nSPS) is 12.3. The molecule has 0 fully saturated rings. The molecule has 146 valence electrons. The van der Waals surface area contributed by atoms with Gasteiger partial charge in [0.25, 0.3) is 5.91 Å². The van der Waals surface area contributed by atoms with E-state index >= 15 is 0 Å². The maximum absolute atomic E-state index is 12.5. The quantitative estimate of drug-likeness (QED) is 0.741. The number of benzene rings is 1. The molecular formula is C20H28N4O3. The van der Waals surface area contributed by atoms with E-state index in [1.165, 1.54) is 0 Å². The Bertz CT molecular complexity index is 766. The summed E-state index contributed by atoms with van der Waals surface area (Å²) in [6, 6.07) is 8.69. The third-order valence-electron chi connectivity index (χ3n) is 4.17. The second-order valence-electron chi connectivity index (χ2n) is 7.23. The molecule has 1 atom stereocenters. The number of likely N-dealkylation sites (N-methyl/N-ethyl adjacent to an activating group) is 1. The highest BCUT2D eigenvalue weighted by molar-refractivity contribution is 5.96. The number of amides is 2. The summed E-state index contributed by atoms with van der Waals surface area (Å²) < 4.78 is 5.29. The van der Waals surface area contributed by atoms with Crippen molar-refractivity contribution in [3.05, 3.63) is 41.6 Å². The fraction of sp³-hybridized carbons (Fsp3) is 0.450. The first-order chi connectivity index (χ1) is 12.8. The van der Waals surface area contributed by atoms with Crippen LogP contribution in [0.2, 0.25) is 0 Å². The molecule has 0 radical (unpaired) electrons. The molecule has 2 rings (SSSR count). The fourth-order valence-electron chi connectivity index (χ4n) is 2.50. The zero-order valence-electron chi connectivity index (χ0n) is 16.6. The highest BCUT2D eigenvalue weighted by atomic mass is 16.5.